The lowest BCUT2D eigenvalue weighted by molar-refractivity contribution is 0.502. The van der Waals surface area contributed by atoms with E-state index in [4.69, 9.17) is 5.73 Å². The van der Waals surface area contributed by atoms with E-state index in [0.717, 1.165) is 6.42 Å². The van der Waals surface area contributed by atoms with E-state index in [1.54, 1.807) is 0 Å². The van der Waals surface area contributed by atoms with Gasteiger partial charge in [-0.25, -0.2) is 4.99 Å². The average molecular weight is 251 g/mol. The minimum Gasteiger partial charge on any atom is -0.370 e. The summed E-state index contributed by atoms with van der Waals surface area (Å²) in [7, 11) is 0. The topological polar surface area (TPSA) is 50.4 Å². The van der Waals surface area contributed by atoms with Crippen LogP contribution in [0.5, 0.6) is 0 Å². The number of nitrogens with zero attached hydrogens (tertiary/aromatic N) is 1. The Bertz CT molecular complexity index is 415. The molecule has 1 atom stereocenters. The van der Waals surface area contributed by atoms with Gasteiger partial charge in [0, 0.05) is 10.4 Å². The highest BCUT2D eigenvalue weighted by Crippen LogP contribution is 2.35. The van der Waals surface area contributed by atoms with Crippen LogP contribution < -0.4 is 11.1 Å². The van der Waals surface area contributed by atoms with Gasteiger partial charge in [0.15, 0.2) is 5.96 Å². The van der Waals surface area contributed by atoms with Crippen LogP contribution in [0.1, 0.15) is 50.1 Å². The number of hydrogen-bond donors (Lipinski definition) is 2. The number of thiophene rings is 1. The maximum Gasteiger partial charge on any atom is 0.189 e. The summed E-state index contributed by atoms with van der Waals surface area (Å²) in [6.07, 6.45) is 3.52. The molecule has 94 valence electrons. The molecule has 0 amide bonds. The van der Waals surface area contributed by atoms with Gasteiger partial charge in [-0.2, -0.15) is 0 Å². The SMILES string of the molecule is CC(C)(C)NC(N)=NC1CCCc2sccc21. The molecule has 4 heteroatoms. The maximum absolute atomic E-state index is 5.96. The van der Waals surface area contributed by atoms with Crippen LogP contribution in [-0.2, 0) is 6.42 Å². The van der Waals surface area contributed by atoms with Crippen LogP contribution in [0.25, 0.3) is 0 Å². The second-order valence-electron chi connectivity index (χ2n) is 5.60. The summed E-state index contributed by atoms with van der Waals surface area (Å²) in [6, 6.07) is 2.44. The van der Waals surface area contributed by atoms with Gasteiger partial charge in [0.05, 0.1) is 6.04 Å². The largest absolute Gasteiger partial charge is 0.370 e. The molecule has 0 bridgehead atoms. The van der Waals surface area contributed by atoms with Crippen molar-refractivity contribution in [1.82, 2.24) is 5.32 Å². The number of fused-ring (bicyclic) bond motifs is 1. The summed E-state index contributed by atoms with van der Waals surface area (Å²) in [5.74, 6) is 0.557. The van der Waals surface area contributed by atoms with Crippen LogP contribution in [0.3, 0.4) is 0 Å². The summed E-state index contributed by atoms with van der Waals surface area (Å²) < 4.78 is 0. The fraction of sp³-hybridized carbons (Fsp3) is 0.615. The fourth-order valence-electron chi connectivity index (χ4n) is 2.18. The van der Waals surface area contributed by atoms with Crippen molar-refractivity contribution >= 4 is 17.3 Å². The first-order valence-electron chi connectivity index (χ1n) is 6.13. The number of hydrogen-bond acceptors (Lipinski definition) is 2. The van der Waals surface area contributed by atoms with Crippen molar-refractivity contribution in [2.45, 2.75) is 51.6 Å². The normalized spacial score (nSPS) is 21.1. The minimum atomic E-state index is -0.0280. The van der Waals surface area contributed by atoms with E-state index in [-0.39, 0.29) is 11.6 Å². The van der Waals surface area contributed by atoms with Crippen molar-refractivity contribution < 1.29 is 0 Å². The molecule has 0 saturated carbocycles. The average Bonchev–Trinajstić information content (AvgIpc) is 2.63. The third-order valence-corrected chi connectivity index (χ3v) is 3.81. The molecule has 3 N–H and O–H groups in total. The molecule has 0 saturated heterocycles. The molecule has 1 aliphatic carbocycles. The van der Waals surface area contributed by atoms with E-state index in [2.05, 4.69) is 42.5 Å². The molecule has 17 heavy (non-hydrogen) atoms. The molecule has 0 spiro atoms. The molecule has 1 unspecified atom stereocenters. The van der Waals surface area contributed by atoms with E-state index in [1.165, 1.54) is 23.3 Å². The Labute approximate surface area is 107 Å². The van der Waals surface area contributed by atoms with Gasteiger partial charge in [0.25, 0.3) is 0 Å². The molecule has 1 aromatic heterocycles. The van der Waals surface area contributed by atoms with Gasteiger partial charge in [-0.15, -0.1) is 11.3 Å². The standard InChI is InChI=1S/C13H21N3S/c1-13(2,3)16-12(14)15-10-5-4-6-11-9(10)7-8-17-11/h7-8,10H,4-6H2,1-3H3,(H3,14,15,16). The maximum atomic E-state index is 5.96. The molecule has 0 aromatic carbocycles. The molecule has 0 fully saturated rings. The number of guanidine groups is 1. The summed E-state index contributed by atoms with van der Waals surface area (Å²) >= 11 is 1.84. The lowest BCUT2D eigenvalue weighted by Crippen LogP contribution is -2.45. The van der Waals surface area contributed by atoms with Crippen LogP contribution in [0.2, 0.25) is 0 Å². The predicted molar refractivity (Wildman–Crippen MR) is 74.5 cm³/mol. The Morgan fingerprint density at radius 1 is 1.53 bits per heavy atom. The van der Waals surface area contributed by atoms with Crippen LogP contribution in [-0.4, -0.2) is 11.5 Å². The Kier molecular flexibility index (Phi) is 3.43. The van der Waals surface area contributed by atoms with Crippen LogP contribution in [0.4, 0.5) is 0 Å². The highest BCUT2D eigenvalue weighted by molar-refractivity contribution is 7.10. The number of aliphatic imine (C=N–C) groups is 1. The molecule has 0 radical (unpaired) electrons. The van der Waals surface area contributed by atoms with Crippen LogP contribution >= 0.6 is 11.3 Å². The van der Waals surface area contributed by atoms with Crippen molar-refractivity contribution in [1.29, 1.82) is 0 Å². The van der Waals surface area contributed by atoms with E-state index in [0.29, 0.717) is 5.96 Å². The highest BCUT2D eigenvalue weighted by Gasteiger charge is 2.21. The summed E-state index contributed by atoms with van der Waals surface area (Å²) in [4.78, 5) is 6.11. The van der Waals surface area contributed by atoms with E-state index in [1.807, 2.05) is 11.3 Å². The summed E-state index contributed by atoms with van der Waals surface area (Å²) in [5, 5.41) is 5.38. The Hall–Kier alpha value is -1.03. The number of aryl methyl sites for hydroxylation is 1. The van der Waals surface area contributed by atoms with Gasteiger partial charge in [-0.05, 0) is 57.0 Å². The molecular weight excluding hydrogens is 230 g/mol. The molecule has 1 aliphatic rings. The van der Waals surface area contributed by atoms with Crippen molar-refractivity contribution in [3.8, 4) is 0 Å². The molecule has 1 aromatic rings. The van der Waals surface area contributed by atoms with Crippen molar-refractivity contribution in [3.63, 3.8) is 0 Å². The third-order valence-electron chi connectivity index (χ3n) is 2.82. The quantitative estimate of drug-likeness (QED) is 0.595. The van der Waals surface area contributed by atoms with Crippen molar-refractivity contribution in [3.05, 3.63) is 21.9 Å². The van der Waals surface area contributed by atoms with E-state index < -0.39 is 0 Å². The zero-order valence-corrected chi connectivity index (χ0v) is 11.6. The number of nitrogens with two attached hydrogens (primary N) is 1. The third kappa shape index (κ3) is 3.22. The predicted octanol–water partition coefficient (Wildman–Crippen LogP) is 2.83. The van der Waals surface area contributed by atoms with Gasteiger partial charge in [-0.1, -0.05) is 0 Å². The Morgan fingerprint density at radius 2 is 2.29 bits per heavy atom. The van der Waals surface area contributed by atoms with Gasteiger partial charge >= 0.3 is 0 Å². The van der Waals surface area contributed by atoms with Gasteiger partial charge in [-0.3, -0.25) is 0 Å². The zero-order chi connectivity index (χ0) is 12.5. The lowest BCUT2D eigenvalue weighted by Gasteiger charge is -2.24. The Balaban J connectivity index is 2.13. The van der Waals surface area contributed by atoms with E-state index in [9.17, 15) is 0 Å². The number of nitrogens with one attached hydrogen (secondary N) is 1. The fourth-order valence-corrected chi connectivity index (χ4v) is 3.16. The van der Waals surface area contributed by atoms with E-state index >= 15 is 0 Å². The van der Waals surface area contributed by atoms with Crippen molar-refractivity contribution in [2.24, 2.45) is 10.7 Å². The molecule has 1 heterocycles. The number of rotatable bonds is 1. The van der Waals surface area contributed by atoms with Crippen LogP contribution in [0.15, 0.2) is 16.4 Å². The lowest BCUT2D eigenvalue weighted by atomic mass is 9.94. The minimum absolute atomic E-state index is 0.0280. The summed E-state index contributed by atoms with van der Waals surface area (Å²) in [6.45, 7) is 6.27. The monoisotopic (exact) mass is 251 g/mol. The first-order chi connectivity index (χ1) is 7.96. The van der Waals surface area contributed by atoms with Gasteiger partial charge in [0.2, 0.25) is 0 Å². The van der Waals surface area contributed by atoms with Gasteiger partial charge < -0.3 is 11.1 Å². The molecular formula is C13H21N3S. The second kappa shape index (κ2) is 4.69. The van der Waals surface area contributed by atoms with Gasteiger partial charge in [0.1, 0.15) is 0 Å². The zero-order valence-electron chi connectivity index (χ0n) is 10.8. The summed E-state index contributed by atoms with van der Waals surface area (Å²) in [5.41, 5.74) is 7.31. The Morgan fingerprint density at radius 3 is 3.00 bits per heavy atom. The van der Waals surface area contributed by atoms with Crippen LogP contribution in [0, 0.1) is 0 Å². The highest BCUT2D eigenvalue weighted by atomic mass is 32.1. The first kappa shape index (κ1) is 12.4. The second-order valence-corrected chi connectivity index (χ2v) is 6.60. The smallest absolute Gasteiger partial charge is 0.189 e. The molecule has 3 nitrogen and oxygen atoms in total. The molecule has 2 rings (SSSR count). The van der Waals surface area contributed by atoms with Crippen molar-refractivity contribution in [2.75, 3.05) is 0 Å². The molecule has 0 aliphatic heterocycles. The first-order valence-corrected chi connectivity index (χ1v) is 7.01.